The largest absolute Gasteiger partial charge is 0.480 e. The summed E-state index contributed by atoms with van der Waals surface area (Å²) >= 11 is 0. The average Bonchev–Trinajstić information content (AvgIpc) is 2.16. The molecule has 1 fully saturated rings. The number of piperidine rings is 1. The van der Waals surface area contributed by atoms with Gasteiger partial charge in [-0.3, -0.25) is 9.69 Å². The third-order valence-electron chi connectivity index (χ3n) is 3.44. The lowest BCUT2D eigenvalue weighted by Crippen LogP contribution is -2.53. The maximum absolute atomic E-state index is 11.3. The summed E-state index contributed by atoms with van der Waals surface area (Å²) in [6.45, 7) is 5.76. The summed E-state index contributed by atoms with van der Waals surface area (Å²) in [6, 6.07) is 0.164. The van der Waals surface area contributed by atoms with Crippen molar-refractivity contribution in [3.05, 3.63) is 0 Å². The van der Waals surface area contributed by atoms with Gasteiger partial charge in [0.1, 0.15) is 6.04 Å². The van der Waals surface area contributed by atoms with E-state index >= 15 is 0 Å². The Kier molecular flexibility index (Phi) is 4.74. The number of carboxylic acids is 1. The van der Waals surface area contributed by atoms with Crippen LogP contribution in [0.4, 0.5) is 0 Å². The summed E-state index contributed by atoms with van der Waals surface area (Å²) < 4.78 is 0. The molecule has 0 saturated carbocycles. The van der Waals surface area contributed by atoms with Crippen LogP contribution in [0.3, 0.4) is 0 Å². The quantitative estimate of drug-likeness (QED) is 0.783. The second kappa shape index (κ2) is 5.64. The smallest absolute Gasteiger partial charge is 0.321 e. The molecule has 1 saturated heterocycles. The number of carboxylic acid groups (broad SMARTS) is 1. The number of hydrogen-bond donors (Lipinski definition) is 1. The van der Waals surface area contributed by atoms with Crippen molar-refractivity contribution in [2.45, 2.75) is 38.8 Å². The van der Waals surface area contributed by atoms with Crippen LogP contribution >= 0.6 is 0 Å². The van der Waals surface area contributed by atoms with Crippen molar-refractivity contribution in [3.8, 4) is 0 Å². The zero-order chi connectivity index (χ0) is 12.3. The van der Waals surface area contributed by atoms with E-state index in [9.17, 15) is 9.90 Å². The SMILES string of the molecule is CC(C)C(C(=O)O)N1CCCC(N(C)C)C1. The van der Waals surface area contributed by atoms with E-state index in [4.69, 9.17) is 0 Å². The Morgan fingerprint density at radius 3 is 2.50 bits per heavy atom. The van der Waals surface area contributed by atoms with Crippen LogP contribution in [0.25, 0.3) is 0 Å². The average molecular weight is 228 g/mol. The predicted octanol–water partition coefficient (Wildman–Crippen LogP) is 1.12. The summed E-state index contributed by atoms with van der Waals surface area (Å²) in [6.07, 6.45) is 2.27. The number of aliphatic carboxylic acids is 1. The van der Waals surface area contributed by atoms with E-state index in [0.29, 0.717) is 6.04 Å². The first-order valence-corrected chi connectivity index (χ1v) is 6.06. The Labute approximate surface area is 98.2 Å². The molecule has 1 N–H and O–H groups in total. The first kappa shape index (κ1) is 13.5. The van der Waals surface area contributed by atoms with Crippen molar-refractivity contribution in [2.75, 3.05) is 27.2 Å². The predicted molar refractivity (Wildman–Crippen MR) is 64.5 cm³/mol. The maximum Gasteiger partial charge on any atom is 0.321 e. The monoisotopic (exact) mass is 228 g/mol. The van der Waals surface area contributed by atoms with Gasteiger partial charge in [-0.25, -0.2) is 0 Å². The lowest BCUT2D eigenvalue weighted by molar-refractivity contribution is -0.146. The van der Waals surface area contributed by atoms with Crippen LogP contribution < -0.4 is 0 Å². The molecule has 0 aromatic heterocycles. The van der Waals surface area contributed by atoms with Gasteiger partial charge in [0.05, 0.1) is 0 Å². The van der Waals surface area contributed by atoms with Crippen molar-refractivity contribution >= 4 is 5.97 Å². The Morgan fingerprint density at radius 2 is 2.06 bits per heavy atom. The topological polar surface area (TPSA) is 43.8 Å². The summed E-state index contributed by atoms with van der Waals surface area (Å²) in [5.74, 6) is -0.521. The Hall–Kier alpha value is -0.610. The molecule has 94 valence electrons. The van der Waals surface area contributed by atoms with Gasteiger partial charge >= 0.3 is 5.97 Å². The molecule has 2 unspecified atom stereocenters. The third kappa shape index (κ3) is 3.19. The standard InChI is InChI=1S/C12H24N2O2/c1-9(2)11(12(15)16)14-7-5-6-10(8-14)13(3)4/h9-11H,5-8H2,1-4H3,(H,15,16). The van der Waals surface area contributed by atoms with E-state index in [1.807, 2.05) is 13.8 Å². The van der Waals surface area contributed by atoms with Gasteiger partial charge in [-0.1, -0.05) is 13.8 Å². The van der Waals surface area contributed by atoms with E-state index in [0.717, 1.165) is 19.5 Å². The number of rotatable bonds is 4. The van der Waals surface area contributed by atoms with Crippen LogP contribution in [-0.4, -0.2) is 60.1 Å². The fourth-order valence-corrected chi connectivity index (χ4v) is 2.52. The van der Waals surface area contributed by atoms with Gasteiger partial charge in [0, 0.05) is 12.6 Å². The highest BCUT2D eigenvalue weighted by atomic mass is 16.4. The first-order valence-electron chi connectivity index (χ1n) is 6.06. The number of likely N-dealkylation sites (tertiary alicyclic amines) is 1. The molecule has 1 rings (SSSR count). The highest BCUT2D eigenvalue weighted by molar-refractivity contribution is 5.73. The van der Waals surface area contributed by atoms with E-state index in [1.54, 1.807) is 0 Å². The van der Waals surface area contributed by atoms with Gasteiger partial charge in [0.25, 0.3) is 0 Å². The van der Waals surface area contributed by atoms with Gasteiger partial charge in [0.2, 0.25) is 0 Å². The van der Waals surface area contributed by atoms with E-state index < -0.39 is 5.97 Å². The maximum atomic E-state index is 11.3. The van der Waals surface area contributed by atoms with Gasteiger partial charge in [0.15, 0.2) is 0 Å². The molecule has 0 radical (unpaired) electrons. The lowest BCUT2D eigenvalue weighted by Gasteiger charge is -2.40. The fourth-order valence-electron chi connectivity index (χ4n) is 2.52. The molecule has 0 aliphatic carbocycles. The molecule has 16 heavy (non-hydrogen) atoms. The van der Waals surface area contributed by atoms with Crippen LogP contribution in [0, 0.1) is 5.92 Å². The van der Waals surface area contributed by atoms with E-state index in [2.05, 4.69) is 23.9 Å². The molecule has 0 aromatic carbocycles. The van der Waals surface area contributed by atoms with Crippen LogP contribution in [-0.2, 0) is 4.79 Å². The van der Waals surface area contributed by atoms with Crippen LogP contribution in [0.15, 0.2) is 0 Å². The van der Waals surface area contributed by atoms with Crippen molar-refractivity contribution in [2.24, 2.45) is 5.92 Å². The van der Waals surface area contributed by atoms with E-state index in [-0.39, 0.29) is 12.0 Å². The van der Waals surface area contributed by atoms with Crippen molar-refractivity contribution in [3.63, 3.8) is 0 Å². The Morgan fingerprint density at radius 1 is 1.44 bits per heavy atom. The minimum atomic E-state index is -0.686. The molecule has 0 aromatic rings. The lowest BCUT2D eigenvalue weighted by atomic mass is 9.97. The van der Waals surface area contributed by atoms with Gasteiger partial charge in [-0.05, 0) is 39.4 Å². The van der Waals surface area contributed by atoms with Gasteiger partial charge in [-0.2, -0.15) is 0 Å². The Bertz CT molecular complexity index is 241. The molecule has 0 spiro atoms. The molecule has 2 atom stereocenters. The van der Waals surface area contributed by atoms with Crippen LogP contribution in [0.2, 0.25) is 0 Å². The number of carbonyl (C=O) groups is 1. The van der Waals surface area contributed by atoms with Gasteiger partial charge in [-0.15, -0.1) is 0 Å². The molecule has 4 heteroatoms. The molecule has 1 aliphatic rings. The Balaban J connectivity index is 2.67. The highest BCUT2D eigenvalue weighted by Gasteiger charge is 2.32. The molecule has 0 bridgehead atoms. The molecular formula is C12H24N2O2. The van der Waals surface area contributed by atoms with Gasteiger partial charge < -0.3 is 10.0 Å². The summed E-state index contributed by atoms with van der Waals surface area (Å²) in [5, 5.41) is 9.27. The molecule has 1 heterocycles. The molecule has 1 aliphatic heterocycles. The first-order chi connectivity index (χ1) is 7.43. The zero-order valence-electron chi connectivity index (χ0n) is 10.8. The number of hydrogen-bond acceptors (Lipinski definition) is 3. The second-order valence-corrected chi connectivity index (χ2v) is 5.28. The summed E-state index contributed by atoms with van der Waals surface area (Å²) in [5.41, 5.74) is 0. The third-order valence-corrected chi connectivity index (χ3v) is 3.44. The second-order valence-electron chi connectivity index (χ2n) is 5.28. The summed E-state index contributed by atoms with van der Waals surface area (Å²) in [4.78, 5) is 15.6. The van der Waals surface area contributed by atoms with E-state index in [1.165, 1.54) is 6.42 Å². The van der Waals surface area contributed by atoms with Crippen LogP contribution in [0.5, 0.6) is 0 Å². The van der Waals surface area contributed by atoms with Crippen LogP contribution in [0.1, 0.15) is 26.7 Å². The minimum Gasteiger partial charge on any atom is -0.480 e. The fraction of sp³-hybridized carbons (Fsp3) is 0.917. The molecule has 4 nitrogen and oxygen atoms in total. The number of nitrogens with zero attached hydrogens (tertiary/aromatic N) is 2. The van der Waals surface area contributed by atoms with Crippen molar-refractivity contribution in [1.82, 2.24) is 9.80 Å². The van der Waals surface area contributed by atoms with Crippen molar-refractivity contribution in [1.29, 1.82) is 0 Å². The summed E-state index contributed by atoms with van der Waals surface area (Å²) in [7, 11) is 4.14. The van der Waals surface area contributed by atoms with Crippen molar-refractivity contribution < 1.29 is 9.90 Å². The molecular weight excluding hydrogens is 204 g/mol. The molecule has 0 amide bonds. The number of likely N-dealkylation sites (N-methyl/N-ethyl adjacent to an activating group) is 1. The highest BCUT2D eigenvalue weighted by Crippen LogP contribution is 2.20. The normalized spacial score (nSPS) is 25.0. The minimum absolute atomic E-state index is 0.165. The zero-order valence-corrected chi connectivity index (χ0v) is 10.8.